The summed E-state index contributed by atoms with van der Waals surface area (Å²) in [7, 11) is 0. The average molecular weight is 496 g/mol. The number of aldehydes is 1. The fourth-order valence-electron chi connectivity index (χ4n) is 3.76. The number of amides is 3. The smallest absolute Gasteiger partial charge is 0.243 e. The number of aromatic hydroxyl groups is 1. The predicted octanol–water partition coefficient (Wildman–Crippen LogP) is 2.53. The zero-order valence-corrected chi connectivity index (χ0v) is 21.4. The van der Waals surface area contributed by atoms with E-state index in [9.17, 15) is 24.3 Å². The summed E-state index contributed by atoms with van der Waals surface area (Å²) in [4.78, 5) is 50.5. The summed E-state index contributed by atoms with van der Waals surface area (Å²) < 4.78 is 0. The Morgan fingerprint density at radius 2 is 1.42 bits per heavy atom. The van der Waals surface area contributed by atoms with Crippen molar-refractivity contribution in [3.63, 3.8) is 0 Å². The molecule has 2 aromatic carbocycles. The van der Waals surface area contributed by atoms with Gasteiger partial charge >= 0.3 is 0 Å². The van der Waals surface area contributed by atoms with Crippen LogP contribution in [-0.4, -0.2) is 47.2 Å². The van der Waals surface area contributed by atoms with Crippen LogP contribution in [-0.2, 0) is 32.0 Å². The zero-order valence-electron chi connectivity index (χ0n) is 21.4. The summed E-state index contributed by atoms with van der Waals surface area (Å²) in [6.45, 7) is 7.41. The number of rotatable bonds is 13. The Morgan fingerprint density at radius 1 is 0.806 bits per heavy atom. The lowest BCUT2D eigenvalue weighted by atomic mass is 9.99. The van der Waals surface area contributed by atoms with Gasteiger partial charge in [-0.15, -0.1) is 0 Å². The van der Waals surface area contributed by atoms with Gasteiger partial charge in [-0.1, -0.05) is 70.2 Å². The van der Waals surface area contributed by atoms with Crippen LogP contribution in [0.1, 0.15) is 45.2 Å². The maximum atomic E-state index is 13.3. The van der Waals surface area contributed by atoms with Crippen LogP contribution < -0.4 is 16.0 Å². The molecule has 3 atom stereocenters. The molecular weight excluding hydrogens is 458 g/mol. The molecule has 0 aliphatic heterocycles. The lowest BCUT2D eigenvalue weighted by molar-refractivity contribution is -0.133. The summed E-state index contributed by atoms with van der Waals surface area (Å²) in [5.41, 5.74) is 1.65. The minimum absolute atomic E-state index is 0.0976. The Kier molecular flexibility index (Phi) is 11.1. The number of benzene rings is 2. The van der Waals surface area contributed by atoms with Gasteiger partial charge in [-0.05, 0) is 41.5 Å². The second kappa shape index (κ2) is 14.0. The van der Waals surface area contributed by atoms with Crippen LogP contribution in [0.15, 0.2) is 54.6 Å². The molecule has 8 nitrogen and oxygen atoms in total. The first kappa shape index (κ1) is 28.6. The van der Waals surface area contributed by atoms with Crippen molar-refractivity contribution in [2.24, 2.45) is 11.8 Å². The van der Waals surface area contributed by atoms with Gasteiger partial charge in [0.25, 0.3) is 0 Å². The number of carbonyl (C=O) groups is 4. The Morgan fingerprint density at radius 3 is 1.97 bits per heavy atom. The first-order valence-corrected chi connectivity index (χ1v) is 12.3. The number of carbonyl (C=O) groups excluding carboxylic acids is 4. The molecule has 0 saturated carbocycles. The van der Waals surface area contributed by atoms with Crippen molar-refractivity contribution < 1.29 is 24.3 Å². The second-order valence-corrected chi connectivity index (χ2v) is 9.76. The highest BCUT2D eigenvalue weighted by Crippen LogP contribution is 2.13. The van der Waals surface area contributed by atoms with Gasteiger partial charge < -0.3 is 25.9 Å². The van der Waals surface area contributed by atoms with Crippen molar-refractivity contribution in [1.82, 2.24) is 16.0 Å². The molecule has 4 N–H and O–H groups in total. The van der Waals surface area contributed by atoms with Gasteiger partial charge in [0.15, 0.2) is 0 Å². The van der Waals surface area contributed by atoms with E-state index in [-0.39, 0.29) is 36.3 Å². The molecule has 0 unspecified atom stereocenters. The van der Waals surface area contributed by atoms with Crippen molar-refractivity contribution in [2.75, 3.05) is 0 Å². The third-order valence-corrected chi connectivity index (χ3v) is 5.66. The molecule has 0 radical (unpaired) electrons. The van der Waals surface area contributed by atoms with E-state index in [1.54, 1.807) is 26.0 Å². The molecule has 2 aromatic rings. The van der Waals surface area contributed by atoms with Crippen LogP contribution in [0, 0.1) is 11.8 Å². The standard InChI is InChI=1S/C28H37N3O5/c1-18(2)14-25(34)30-24(16-21-10-12-23(33)13-11-21)27(35)31-26(19(3)4)28(36)29-22(17-32)15-20-8-6-5-7-9-20/h5-13,17-19,22,24,26,33H,14-16H2,1-4H3,(H,29,36)(H,30,34)(H,31,35)/t22-,24-,26-/m0/s1. The van der Waals surface area contributed by atoms with E-state index in [4.69, 9.17) is 0 Å². The van der Waals surface area contributed by atoms with Crippen molar-refractivity contribution >= 4 is 24.0 Å². The summed E-state index contributed by atoms with van der Waals surface area (Å²) in [5.74, 6) is -1.29. The lowest BCUT2D eigenvalue weighted by Crippen LogP contribution is -2.57. The Balaban J connectivity index is 2.14. The molecule has 0 fully saturated rings. The van der Waals surface area contributed by atoms with Gasteiger partial charge in [0.05, 0.1) is 6.04 Å². The molecule has 0 heterocycles. The van der Waals surface area contributed by atoms with Gasteiger partial charge in [0.1, 0.15) is 24.1 Å². The van der Waals surface area contributed by atoms with Crippen molar-refractivity contribution in [1.29, 1.82) is 0 Å². The molecule has 36 heavy (non-hydrogen) atoms. The Bertz CT molecular complexity index is 1010. The molecule has 8 heteroatoms. The maximum Gasteiger partial charge on any atom is 0.243 e. The van der Waals surface area contributed by atoms with E-state index in [0.717, 1.165) is 11.1 Å². The normalized spacial score (nSPS) is 13.5. The molecule has 0 aliphatic carbocycles. The van der Waals surface area contributed by atoms with Gasteiger partial charge in [-0.25, -0.2) is 0 Å². The molecule has 2 rings (SSSR count). The summed E-state index contributed by atoms with van der Waals surface area (Å²) in [6.07, 6.45) is 1.47. The molecule has 0 spiro atoms. The molecule has 194 valence electrons. The number of hydrogen-bond donors (Lipinski definition) is 4. The fraction of sp³-hybridized carbons (Fsp3) is 0.429. The second-order valence-electron chi connectivity index (χ2n) is 9.76. The quantitative estimate of drug-likeness (QED) is 0.318. The van der Waals surface area contributed by atoms with Gasteiger partial charge in [-0.3, -0.25) is 14.4 Å². The summed E-state index contributed by atoms with van der Waals surface area (Å²) >= 11 is 0. The SMILES string of the molecule is CC(C)CC(=O)N[C@@H](Cc1ccc(O)cc1)C(=O)N[C@H](C(=O)N[C@H](C=O)Cc1ccccc1)C(C)C. The molecule has 3 amide bonds. The number of phenols is 1. The maximum absolute atomic E-state index is 13.3. The molecule has 0 bridgehead atoms. The van der Waals surface area contributed by atoms with Gasteiger partial charge in [-0.2, -0.15) is 0 Å². The van der Waals surface area contributed by atoms with Crippen molar-refractivity contribution in [3.05, 3.63) is 65.7 Å². The van der Waals surface area contributed by atoms with Crippen LogP contribution in [0.25, 0.3) is 0 Å². The molecule has 0 aliphatic rings. The third-order valence-electron chi connectivity index (χ3n) is 5.66. The summed E-state index contributed by atoms with van der Waals surface area (Å²) in [5, 5.41) is 17.8. The van der Waals surface area contributed by atoms with Crippen LogP contribution >= 0.6 is 0 Å². The highest BCUT2D eigenvalue weighted by Gasteiger charge is 2.30. The third kappa shape index (κ3) is 9.52. The number of hydrogen-bond acceptors (Lipinski definition) is 5. The Labute approximate surface area is 212 Å². The lowest BCUT2D eigenvalue weighted by Gasteiger charge is -2.26. The summed E-state index contributed by atoms with van der Waals surface area (Å²) in [6, 6.07) is 13.2. The average Bonchev–Trinajstić information content (AvgIpc) is 2.82. The monoisotopic (exact) mass is 495 g/mol. The van der Waals surface area contributed by atoms with Crippen molar-refractivity contribution in [3.8, 4) is 5.75 Å². The highest BCUT2D eigenvalue weighted by molar-refractivity contribution is 5.93. The number of nitrogens with one attached hydrogen (secondary N) is 3. The zero-order chi connectivity index (χ0) is 26.7. The topological polar surface area (TPSA) is 125 Å². The van der Waals surface area contributed by atoms with E-state index in [1.165, 1.54) is 12.1 Å². The van der Waals surface area contributed by atoms with Gasteiger partial charge in [0.2, 0.25) is 17.7 Å². The van der Waals surface area contributed by atoms with Crippen LogP contribution in [0.2, 0.25) is 0 Å². The minimum Gasteiger partial charge on any atom is -0.508 e. The first-order chi connectivity index (χ1) is 17.1. The molecule has 0 saturated heterocycles. The van der Waals surface area contributed by atoms with Crippen LogP contribution in [0.3, 0.4) is 0 Å². The van der Waals surface area contributed by atoms with E-state index < -0.39 is 29.9 Å². The van der Waals surface area contributed by atoms with E-state index in [1.807, 2.05) is 44.2 Å². The van der Waals surface area contributed by atoms with E-state index >= 15 is 0 Å². The van der Waals surface area contributed by atoms with Crippen LogP contribution in [0.4, 0.5) is 0 Å². The largest absolute Gasteiger partial charge is 0.508 e. The Hall–Kier alpha value is -3.68. The van der Waals surface area contributed by atoms with E-state index in [2.05, 4.69) is 16.0 Å². The van der Waals surface area contributed by atoms with Crippen LogP contribution in [0.5, 0.6) is 5.75 Å². The molecule has 0 aromatic heterocycles. The minimum atomic E-state index is -0.916. The van der Waals surface area contributed by atoms with Crippen molar-refractivity contribution in [2.45, 2.75) is 65.1 Å². The predicted molar refractivity (Wildman–Crippen MR) is 138 cm³/mol. The van der Waals surface area contributed by atoms with Gasteiger partial charge in [0, 0.05) is 12.8 Å². The first-order valence-electron chi connectivity index (χ1n) is 12.3. The highest BCUT2D eigenvalue weighted by atomic mass is 16.3. The fourth-order valence-corrected chi connectivity index (χ4v) is 3.76. The molecular formula is C28H37N3O5. The van der Waals surface area contributed by atoms with E-state index in [0.29, 0.717) is 12.7 Å². The number of phenolic OH excluding ortho intramolecular Hbond substituents is 1.